The van der Waals surface area contributed by atoms with Crippen molar-refractivity contribution in [2.24, 2.45) is 0 Å². The van der Waals surface area contributed by atoms with E-state index in [0.717, 1.165) is 64.2 Å². The lowest BCUT2D eigenvalue weighted by Gasteiger charge is -2.41. The van der Waals surface area contributed by atoms with Crippen molar-refractivity contribution >= 4 is 16.4 Å². The van der Waals surface area contributed by atoms with E-state index in [1.54, 1.807) is 0 Å². The highest BCUT2D eigenvalue weighted by molar-refractivity contribution is 7.80. The summed E-state index contributed by atoms with van der Waals surface area (Å²) < 4.78 is 59.3. The van der Waals surface area contributed by atoms with Crippen LogP contribution in [-0.2, 0) is 38.3 Å². The Kier molecular flexibility index (Phi) is 44.3. The van der Waals surface area contributed by atoms with E-state index in [9.17, 15) is 33.1 Å². The van der Waals surface area contributed by atoms with Crippen molar-refractivity contribution < 1.29 is 56.2 Å². The molecule has 0 spiro atoms. The number of rotatable bonds is 50. The van der Waals surface area contributed by atoms with Crippen LogP contribution in [0.4, 0.5) is 0 Å². The van der Waals surface area contributed by atoms with Crippen molar-refractivity contribution in [1.82, 2.24) is 0 Å². The van der Waals surface area contributed by atoms with Gasteiger partial charge >= 0.3 is 16.4 Å². The van der Waals surface area contributed by atoms with Gasteiger partial charge in [0.05, 0.1) is 19.8 Å². The van der Waals surface area contributed by atoms with Gasteiger partial charge in [-0.3, -0.25) is 9.35 Å². The summed E-state index contributed by atoms with van der Waals surface area (Å²) in [6, 6.07) is 0. The fraction of sp³-hybridized carbons (Fsp3) is 0.909. The molecule has 402 valence electrons. The zero-order valence-corrected chi connectivity index (χ0v) is 44.3. The number of unbranched alkanes of at least 4 members (excludes halogenated alkanes) is 33. The lowest BCUT2D eigenvalue weighted by Crippen LogP contribution is -2.60. The molecule has 1 aliphatic heterocycles. The lowest BCUT2D eigenvalue weighted by atomic mass is 9.99. The van der Waals surface area contributed by atoms with Crippen molar-refractivity contribution in [3.05, 3.63) is 24.3 Å². The first-order chi connectivity index (χ1) is 33.1. The summed E-state index contributed by atoms with van der Waals surface area (Å²) >= 11 is 0. The number of ether oxygens (including phenoxy) is 4. The van der Waals surface area contributed by atoms with E-state index in [2.05, 4.69) is 42.3 Å². The van der Waals surface area contributed by atoms with Crippen LogP contribution in [0.1, 0.15) is 258 Å². The molecule has 1 aliphatic rings. The van der Waals surface area contributed by atoms with Crippen molar-refractivity contribution in [3.8, 4) is 0 Å². The number of hydrogen-bond donors (Lipinski definition) is 4. The highest BCUT2D eigenvalue weighted by Crippen LogP contribution is 2.26. The molecule has 6 unspecified atom stereocenters. The molecule has 0 amide bonds. The molecule has 1 fully saturated rings. The molecule has 68 heavy (non-hydrogen) atoms. The van der Waals surface area contributed by atoms with Crippen molar-refractivity contribution in [1.29, 1.82) is 0 Å². The molecule has 1 saturated heterocycles. The van der Waals surface area contributed by atoms with Gasteiger partial charge in [-0.15, -0.1) is 0 Å². The molecule has 1 heterocycles. The first-order valence-corrected chi connectivity index (χ1v) is 29.5. The maximum atomic E-state index is 12.9. The Morgan fingerprint density at radius 1 is 0.559 bits per heavy atom. The maximum absolute atomic E-state index is 12.9. The molecular formula is C55H104O12S. The van der Waals surface area contributed by atoms with Crippen LogP contribution in [0.15, 0.2) is 24.3 Å². The van der Waals surface area contributed by atoms with Gasteiger partial charge in [-0.05, 0) is 44.9 Å². The van der Waals surface area contributed by atoms with Gasteiger partial charge in [0.25, 0.3) is 0 Å². The molecule has 0 bridgehead atoms. The summed E-state index contributed by atoms with van der Waals surface area (Å²) in [6.07, 6.45) is 46.6. The molecule has 0 saturated carbocycles. The summed E-state index contributed by atoms with van der Waals surface area (Å²) in [4.78, 5) is 12.9. The molecule has 6 atom stereocenters. The number of aliphatic hydroxyl groups excluding tert-OH is 3. The molecule has 1 rings (SSSR count). The number of aliphatic hydroxyl groups is 3. The third-order valence-electron chi connectivity index (χ3n) is 13.1. The summed E-state index contributed by atoms with van der Waals surface area (Å²) in [5.41, 5.74) is 0. The Morgan fingerprint density at radius 2 is 0.971 bits per heavy atom. The highest BCUT2D eigenvalue weighted by atomic mass is 32.3. The van der Waals surface area contributed by atoms with E-state index >= 15 is 0 Å². The minimum atomic E-state index is -5.07. The smallest absolute Gasteiger partial charge is 0.397 e. The summed E-state index contributed by atoms with van der Waals surface area (Å²) in [5.74, 6) is -0.408. The largest absolute Gasteiger partial charge is 0.457 e. The van der Waals surface area contributed by atoms with Gasteiger partial charge in [-0.25, -0.2) is 4.18 Å². The predicted molar refractivity (Wildman–Crippen MR) is 276 cm³/mol. The van der Waals surface area contributed by atoms with E-state index in [0.29, 0.717) is 13.0 Å². The van der Waals surface area contributed by atoms with Crippen LogP contribution in [0.5, 0.6) is 0 Å². The second-order valence-corrected chi connectivity index (χ2v) is 20.6. The molecule has 12 nitrogen and oxygen atoms in total. The van der Waals surface area contributed by atoms with Gasteiger partial charge in [-0.2, -0.15) is 8.42 Å². The van der Waals surface area contributed by atoms with Crippen LogP contribution in [0.25, 0.3) is 0 Å². The molecular weight excluding hydrogens is 885 g/mol. The second-order valence-electron chi connectivity index (χ2n) is 19.5. The first-order valence-electron chi connectivity index (χ1n) is 28.1. The van der Waals surface area contributed by atoms with Crippen LogP contribution < -0.4 is 0 Å². The summed E-state index contributed by atoms with van der Waals surface area (Å²) in [7, 11) is -5.07. The molecule has 0 aromatic carbocycles. The minimum absolute atomic E-state index is 0.0349. The van der Waals surface area contributed by atoms with E-state index in [4.69, 9.17) is 18.9 Å². The third-order valence-corrected chi connectivity index (χ3v) is 13.5. The standard InChI is InChI=1S/C55H104O12S/c1-3-5-7-9-11-13-15-17-19-20-21-22-23-24-25-26-27-28-29-31-33-35-37-39-41-43-45-63-47-49(48-64-55-53(59)54(67-68(60,61)62)52(58)50(46-56)66-55)65-51(57)44-42-40-38-36-34-32-30-18-16-14-12-10-8-6-4-2/h12,14,18,30,49-50,52-56,58-59H,3-11,13,15-17,19-29,31-48H2,1-2H3,(H,60,61,62)/b14-12-,30-18-. The van der Waals surface area contributed by atoms with Crippen LogP contribution in [0.2, 0.25) is 0 Å². The fourth-order valence-electron chi connectivity index (χ4n) is 8.82. The zero-order chi connectivity index (χ0) is 49.6. The second kappa shape index (κ2) is 46.6. The Hall–Kier alpha value is -1.42. The molecule has 4 N–H and O–H groups in total. The molecule has 13 heteroatoms. The first kappa shape index (κ1) is 64.6. The van der Waals surface area contributed by atoms with Gasteiger partial charge in [0.2, 0.25) is 0 Å². The van der Waals surface area contributed by atoms with Crippen molar-refractivity contribution in [2.75, 3.05) is 26.4 Å². The SMILES string of the molecule is CCCCC/C=C\C/C=C\CCCCCCCC(=O)OC(COCCCCCCCCCCCCCCCCCCCCCCCCCCCC)COC1OC(CO)C(O)C(OS(=O)(=O)O)C1O. The van der Waals surface area contributed by atoms with Gasteiger partial charge in [0.15, 0.2) is 6.29 Å². The quantitative estimate of drug-likeness (QED) is 0.0196. The predicted octanol–water partition coefficient (Wildman–Crippen LogP) is 13.5. The number of esters is 1. The van der Waals surface area contributed by atoms with Gasteiger partial charge in [0, 0.05) is 13.0 Å². The topological polar surface area (TPSA) is 178 Å². The van der Waals surface area contributed by atoms with Crippen LogP contribution >= 0.6 is 0 Å². The van der Waals surface area contributed by atoms with Crippen LogP contribution in [0, 0.1) is 0 Å². The van der Waals surface area contributed by atoms with Gasteiger partial charge in [0.1, 0.15) is 30.5 Å². The zero-order valence-electron chi connectivity index (χ0n) is 43.4. The highest BCUT2D eigenvalue weighted by Gasteiger charge is 2.48. The molecule has 0 aliphatic carbocycles. The normalized spacial score (nSPS) is 19.4. The average molecular weight is 989 g/mol. The average Bonchev–Trinajstić information content (AvgIpc) is 3.31. The Bertz CT molecular complexity index is 1280. The monoisotopic (exact) mass is 989 g/mol. The minimum Gasteiger partial charge on any atom is -0.457 e. The summed E-state index contributed by atoms with van der Waals surface area (Å²) in [5, 5.41) is 30.8. The van der Waals surface area contributed by atoms with E-state index < -0.39 is 59.8 Å². The van der Waals surface area contributed by atoms with Gasteiger partial charge < -0.3 is 34.3 Å². The van der Waals surface area contributed by atoms with Crippen LogP contribution in [-0.4, -0.2) is 97.5 Å². The van der Waals surface area contributed by atoms with Crippen LogP contribution in [0.3, 0.4) is 0 Å². The Balaban J connectivity index is 2.26. The molecule has 0 aromatic rings. The maximum Gasteiger partial charge on any atom is 0.397 e. The summed E-state index contributed by atoms with van der Waals surface area (Å²) in [6.45, 7) is 4.00. The van der Waals surface area contributed by atoms with Crippen molar-refractivity contribution in [2.45, 2.75) is 295 Å². The fourth-order valence-corrected chi connectivity index (χ4v) is 9.33. The Morgan fingerprint density at radius 3 is 1.43 bits per heavy atom. The number of hydrogen-bond acceptors (Lipinski definition) is 11. The molecule has 0 aromatic heterocycles. The number of allylic oxidation sites excluding steroid dienone is 4. The Labute approximate surface area is 416 Å². The number of carbonyl (C=O) groups excluding carboxylic acids is 1. The van der Waals surface area contributed by atoms with Crippen molar-refractivity contribution in [3.63, 3.8) is 0 Å². The molecule has 0 radical (unpaired) electrons. The van der Waals surface area contributed by atoms with E-state index in [1.165, 1.54) is 167 Å². The third kappa shape index (κ3) is 39.2. The lowest BCUT2D eigenvalue weighted by molar-refractivity contribution is -0.301. The van der Waals surface area contributed by atoms with E-state index in [-0.39, 0.29) is 19.6 Å². The number of carbonyl (C=O) groups is 1. The van der Waals surface area contributed by atoms with Gasteiger partial charge in [-0.1, -0.05) is 231 Å². The van der Waals surface area contributed by atoms with E-state index in [1.807, 2.05) is 0 Å².